The average Bonchev–Trinajstić information content (AvgIpc) is 2.95. The lowest BCUT2D eigenvalue weighted by Gasteiger charge is -2.23. The highest BCUT2D eigenvalue weighted by Gasteiger charge is 2.27. The van der Waals surface area contributed by atoms with Crippen LogP contribution in [0, 0.1) is 17.0 Å². The van der Waals surface area contributed by atoms with Crippen LogP contribution in [0.5, 0.6) is 0 Å². The highest BCUT2D eigenvalue weighted by molar-refractivity contribution is 6.33. The van der Waals surface area contributed by atoms with E-state index in [0.29, 0.717) is 48.7 Å². The number of nitrogens with two attached hydrogens (primary N) is 1. The first-order valence-electron chi connectivity index (χ1n) is 9.17. The second-order valence-electron chi connectivity index (χ2n) is 6.92. The number of halogens is 1. The largest absolute Gasteiger partial charge is 0.393 e. The average molecular weight is 417 g/mol. The van der Waals surface area contributed by atoms with Crippen molar-refractivity contribution in [3.63, 3.8) is 0 Å². The SMILES string of the molecule is Cc1cc(C(=O)N2CCCN(C(=O)c3ccccc3Cl)CC2)c(N)c([N+](=O)[O-])c1. The second kappa shape index (κ2) is 8.48. The molecule has 0 spiro atoms. The summed E-state index contributed by atoms with van der Waals surface area (Å²) in [6.45, 7) is 3.22. The quantitative estimate of drug-likeness (QED) is 0.469. The normalized spacial score (nSPS) is 14.4. The Kier molecular flexibility index (Phi) is 6.03. The minimum Gasteiger partial charge on any atom is -0.393 e. The Morgan fingerprint density at radius 3 is 2.21 bits per heavy atom. The minimum atomic E-state index is -0.592. The zero-order valence-corrected chi connectivity index (χ0v) is 16.7. The molecule has 9 heteroatoms. The molecule has 152 valence electrons. The molecular weight excluding hydrogens is 396 g/mol. The monoisotopic (exact) mass is 416 g/mol. The summed E-state index contributed by atoms with van der Waals surface area (Å²) in [7, 11) is 0. The number of carbonyl (C=O) groups excluding carboxylic acids is 2. The molecule has 2 aromatic carbocycles. The predicted octanol–water partition coefficient (Wildman–Crippen LogP) is 3.13. The zero-order chi connectivity index (χ0) is 21.1. The number of nitro groups is 1. The molecule has 0 bridgehead atoms. The van der Waals surface area contributed by atoms with E-state index < -0.39 is 4.92 Å². The van der Waals surface area contributed by atoms with Crippen molar-refractivity contribution >= 4 is 34.8 Å². The summed E-state index contributed by atoms with van der Waals surface area (Å²) < 4.78 is 0. The van der Waals surface area contributed by atoms with Gasteiger partial charge in [0.1, 0.15) is 5.69 Å². The minimum absolute atomic E-state index is 0.114. The van der Waals surface area contributed by atoms with Crippen LogP contribution in [-0.2, 0) is 0 Å². The third-order valence-corrected chi connectivity index (χ3v) is 5.23. The van der Waals surface area contributed by atoms with E-state index in [1.54, 1.807) is 47.1 Å². The lowest BCUT2D eigenvalue weighted by atomic mass is 10.1. The van der Waals surface area contributed by atoms with Crippen LogP contribution in [0.25, 0.3) is 0 Å². The molecule has 3 rings (SSSR count). The van der Waals surface area contributed by atoms with E-state index in [0.717, 1.165) is 0 Å². The first-order chi connectivity index (χ1) is 13.8. The Morgan fingerprint density at radius 1 is 1.03 bits per heavy atom. The first kappa shape index (κ1) is 20.6. The third kappa shape index (κ3) is 4.32. The highest BCUT2D eigenvalue weighted by atomic mass is 35.5. The number of nitrogen functional groups attached to an aromatic ring is 1. The van der Waals surface area contributed by atoms with Crippen molar-refractivity contribution in [2.75, 3.05) is 31.9 Å². The van der Waals surface area contributed by atoms with Crippen molar-refractivity contribution in [1.29, 1.82) is 0 Å². The molecule has 29 heavy (non-hydrogen) atoms. The molecule has 0 atom stereocenters. The van der Waals surface area contributed by atoms with Crippen molar-refractivity contribution in [3.8, 4) is 0 Å². The number of hydrogen-bond acceptors (Lipinski definition) is 5. The van der Waals surface area contributed by atoms with Gasteiger partial charge in [0.25, 0.3) is 17.5 Å². The van der Waals surface area contributed by atoms with E-state index in [2.05, 4.69) is 0 Å². The second-order valence-corrected chi connectivity index (χ2v) is 7.33. The van der Waals surface area contributed by atoms with Crippen molar-refractivity contribution < 1.29 is 14.5 Å². The molecule has 1 heterocycles. The Labute approximate surface area is 173 Å². The fourth-order valence-corrected chi connectivity index (χ4v) is 3.62. The van der Waals surface area contributed by atoms with Gasteiger partial charge in [0.2, 0.25) is 0 Å². The summed E-state index contributed by atoms with van der Waals surface area (Å²) in [5, 5.41) is 11.6. The highest BCUT2D eigenvalue weighted by Crippen LogP contribution is 2.28. The number of hydrogen-bond donors (Lipinski definition) is 1. The van der Waals surface area contributed by atoms with Gasteiger partial charge in [-0.05, 0) is 37.1 Å². The number of carbonyl (C=O) groups is 2. The number of amides is 2. The Morgan fingerprint density at radius 2 is 1.62 bits per heavy atom. The van der Waals surface area contributed by atoms with Gasteiger partial charge in [-0.1, -0.05) is 23.7 Å². The van der Waals surface area contributed by atoms with Crippen LogP contribution in [0.2, 0.25) is 5.02 Å². The van der Waals surface area contributed by atoms with Gasteiger partial charge in [0.05, 0.1) is 21.1 Å². The van der Waals surface area contributed by atoms with E-state index in [1.807, 2.05) is 0 Å². The van der Waals surface area contributed by atoms with Gasteiger partial charge >= 0.3 is 0 Å². The summed E-state index contributed by atoms with van der Waals surface area (Å²) in [5.74, 6) is -0.558. The fourth-order valence-electron chi connectivity index (χ4n) is 3.41. The van der Waals surface area contributed by atoms with Gasteiger partial charge in [-0.2, -0.15) is 0 Å². The van der Waals surface area contributed by atoms with Crippen LogP contribution in [-0.4, -0.2) is 52.7 Å². The molecule has 1 aliphatic heterocycles. The van der Waals surface area contributed by atoms with Gasteiger partial charge in [-0.25, -0.2) is 0 Å². The molecule has 0 saturated carbocycles. The number of benzene rings is 2. The van der Waals surface area contributed by atoms with E-state index in [9.17, 15) is 19.7 Å². The van der Waals surface area contributed by atoms with Crippen molar-refractivity contribution in [2.45, 2.75) is 13.3 Å². The van der Waals surface area contributed by atoms with Crippen LogP contribution < -0.4 is 5.73 Å². The number of nitro benzene ring substituents is 1. The van der Waals surface area contributed by atoms with Crippen LogP contribution in [0.4, 0.5) is 11.4 Å². The molecule has 0 aromatic heterocycles. The number of anilines is 1. The van der Waals surface area contributed by atoms with Gasteiger partial charge < -0.3 is 15.5 Å². The van der Waals surface area contributed by atoms with Crippen molar-refractivity contribution in [3.05, 3.63) is 68.2 Å². The maximum atomic E-state index is 13.0. The Bertz CT molecular complexity index is 979. The maximum Gasteiger partial charge on any atom is 0.293 e. The fraction of sp³-hybridized carbons (Fsp3) is 0.300. The maximum absolute atomic E-state index is 13.0. The van der Waals surface area contributed by atoms with Crippen LogP contribution in [0.15, 0.2) is 36.4 Å². The first-order valence-corrected chi connectivity index (χ1v) is 9.55. The van der Waals surface area contributed by atoms with Gasteiger partial charge in [-0.15, -0.1) is 0 Å². The molecule has 0 aliphatic carbocycles. The molecule has 8 nitrogen and oxygen atoms in total. The molecule has 1 fully saturated rings. The third-order valence-electron chi connectivity index (χ3n) is 4.90. The molecule has 0 unspecified atom stereocenters. The number of nitrogens with zero attached hydrogens (tertiary/aromatic N) is 3. The van der Waals surface area contributed by atoms with Gasteiger partial charge in [0, 0.05) is 32.2 Å². The van der Waals surface area contributed by atoms with Crippen LogP contribution in [0.3, 0.4) is 0 Å². The summed E-state index contributed by atoms with van der Waals surface area (Å²) >= 11 is 6.13. The molecule has 1 aliphatic rings. The lowest BCUT2D eigenvalue weighted by molar-refractivity contribution is -0.384. The Balaban J connectivity index is 1.78. The van der Waals surface area contributed by atoms with Crippen molar-refractivity contribution in [2.24, 2.45) is 0 Å². The molecule has 1 saturated heterocycles. The summed E-state index contributed by atoms with van der Waals surface area (Å²) in [6, 6.07) is 9.75. The predicted molar refractivity (Wildman–Crippen MR) is 110 cm³/mol. The molecule has 2 N–H and O–H groups in total. The van der Waals surface area contributed by atoms with Crippen LogP contribution >= 0.6 is 11.6 Å². The van der Waals surface area contributed by atoms with E-state index in [1.165, 1.54) is 6.07 Å². The Hall–Kier alpha value is -3.13. The smallest absolute Gasteiger partial charge is 0.293 e. The lowest BCUT2D eigenvalue weighted by Crippen LogP contribution is -2.37. The van der Waals surface area contributed by atoms with E-state index in [-0.39, 0.29) is 28.8 Å². The molecule has 2 aromatic rings. The zero-order valence-electron chi connectivity index (χ0n) is 15.9. The molecule has 2 amide bonds. The van der Waals surface area contributed by atoms with Crippen molar-refractivity contribution in [1.82, 2.24) is 9.80 Å². The molecule has 0 radical (unpaired) electrons. The molecular formula is C20H21ClN4O4. The van der Waals surface area contributed by atoms with Gasteiger partial charge in [-0.3, -0.25) is 19.7 Å². The summed E-state index contributed by atoms with van der Waals surface area (Å²) in [5.41, 5.74) is 6.60. The van der Waals surface area contributed by atoms with Gasteiger partial charge in [0.15, 0.2) is 0 Å². The number of rotatable bonds is 3. The number of aryl methyl sites for hydroxylation is 1. The summed E-state index contributed by atoms with van der Waals surface area (Å²) in [6.07, 6.45) is 0.579. The van der Waals surface area contributed by atoms with E-state index in [4.69, 9.17) is 17.3 Å². The topological polar surface area (TPSA) is 110 Å². The van der Waals surface area contributed by atoms with E-state index >= 15 is 0 Å². The standard InChI is InChI=1S/C20H21ClN4O4/c1-13-11-15(18(22)17(12-13)25(28)29)20(27)24-8-4-7-23(9-10-24)19(26)14-5-2-3-6-16(14)21/h2-3,5-6,11-12H,4,7-10,22H2,1H3. The summed E-state index contributed by atoms with van der Waals surface area (Å²) in [4.78, 5) is 39.6. The van der Waals surface area contributed by atoms with Crippen LogP contribution in [0.1, 0.15) is 32.7 Å².